The molecule has 2 atom stereocenters. The number of anilines is 1. The number of fused-ring (bicyclic) bond motifs is 2. The summed E-state index contributed by atoms with van der Waals surface area (Å²) < 4.78 is 14.2. The zero-order valence-electron chi connectivity index (χ0n) is 24.6. The summed E-state index contributed by atoms with van der Waals surface area (Å²) >= 11 is 0. The number of esters is 1. The summed E-state index contributed by atoms with van der Waals surface area (Å²) in [4.78, 5) is 47.2. The van der Waals surface area contributed by atoms with E-state index < -0.39 is 23.8 Å². The van der Waals surface area contributed by atoms with E-state index in [0.717, 1.165) is 18.4 Å². The van der Waals surface area contributed by atoms with Gasteiger partial charge in [-0.15, -0.1) is 5.10 Å². The Labute approximate surface area is 253 Å². The van der Waals surface area contributed by atoms with Crippen molar-refractivity contribution in [3.05, 3.63) is 84.2 Å². The quantitative estimate of drug-likeness (QED) is 0.242. The van der Waals surface area contributed by atoms with Gasteiger partial charge in [-0.3, -0.25) is 14.5 Å². The number of hydrogen-bond donors (Lipinski definition) is 1. The molecule has 12 nitrogen and oxygen atoms in total. The Bertz CT molecular complexity index is 1810. The number of rotatable bonds is 10. The van der Waals surface area contributed by atoms with Crippen molar-refractivity contribution in [2.75, 3.05) is 24.7 Å². The third-order valence-corrected chi connectivity index (χ3v) is 7.73. The number of hydrogen-bond acceptors (Lipinski definition) is 8. The maximum atomic E-state index is 14.4. The van der Waals surface area contributed by atoms with E-state index in [-0.39, 0.29) is 19.3 Å². The molecule has 0 radical (unpaired) electrons. The number of carbonyl (C=O) groups is 3. The Morgan fingerprint density at radius 2 is 1.75 bits per heavy atom. The minimum atomic E-state index is -1.16. The number of amides is 2. The molecule has 6 rings (SSSR count). The number of aryl methyl sites for hydroxylation is 1. The summed E-state index contributed by atoms with van der Waals surface area (Å²) in [6.07, 6.45) is 1.67. The molecule has 1 aliphatic heterocycles. The van der Waals surface area contributed by atoms with Gasteiger partial charge in [-0.05, 0) is 68.3 Å². The summed E-state index contributed by atoms with van der Waals surface area (Å²) in [6, 6.07) is 20.1. The van der Waals surface area contributed by atoms with Crippen molar-refractivity contribution in [2.24, 2.45) is 7.05 Å². The topological polar surface area (TPSA) is 133 Å². The van der Waals surface area contributed by atoms with E-state index in [1.807, 2.05) is 60.1 Å². The van der Waals surface area contributed by atoms with Crippen LogP contribution in [0.15, 0.2) is 72.8 Å². The fourth-order valence-corrected chi connectivity index (χ4v) is 5.52. The van der Waals surface area contributed by atoms with Gasteiger partial charge in [0.1, 0.15) is 17.9 Å². The van der Waals surface area contributed by atoms with Gasteiger partial charge >= 0.3 is 5.97 Å². The molecule has 1 aliphatic rings. The van der Waals surface area contributed by atoms with Gasteiger partial charge in [0.15, 0.2) is 6.04 Å². The second-order valence-corrected chi connectivity index (χ2v) is 10.6. The van der Waals surface area contributed by atoms with Crippen LogP contribution in [0.25, 0.3) is 22.1 Å². The first-order valence-electron chi connectivity index (χ1n) is 14.6. The van der Waals surface area contributed by atoms with Crippen LogP contribution in [-0.4, -0.2) is 68.2 Å². The van der Waals surface area contributed by atoms with Gasteiger partial charge in [0.2, 0.25) is 5.91 Å². The maximum absolute atomic E-state index is 14.4. The monoisotopic (exact) mass is 595 g/mol. The molecule has 0 bridgehead atoms. The van der Waals surface area contributed by atoms with E-state index in [2.05, 4.69) is 15.6 Å². The minimum absolute atomic E-state index is 0.102. The van der Waals surface area contributed by atoms with Crippen LogP contribution in [0.5, 0.6) is 0 Å². The van der Waals surface area contributed by atoms with Crippen LogP contribution in [-0.2, 0) is 32.7 Å². The molecule has 3 aromatic carbocycles. The summed E-state index contributed by atoms with van der Waals surface area (Å²) in [7, 11) is 1.82. The molecule has 0 saturated carbocycles. The van der Waals surface area contributed by atoms with Gasteiger partial charge in [0.25, 0.3) is 5.91 Å². The smallest absolute Gasteiger partial charge is 0.338 e. The molecular weight excluding hydrogens is 562 g/mol. The zero-order chi connectivity index (χ0) is 30.6. The third-order valence-electron chi connectivity index (χ3n) is 7.73. The Morgan fingerprint density at radius 3 is 2.45 bits per heavy atom. The van der Waals surface area contributed by atoms with E-state index in [0.29, 0.717) is 46.8 Å². The number of imidazole rings is 1. The van der Waals surface area contributed by atoms with Crippen molar-refractivity contribution in [1.29, 1.82) is 0 Å². The number of para-hydroxylation sites is 3. The van der Waals surface area contributed by atoms with Crippen molar-refractivity contribution in [2.45, 2.75) is 38.5 Å². The van der Waals surface area contributed by atoms with E-state index in [1.54, 1.807) is 31.2 Å². The summed E-state index contributed by atoms with van der Waals surface area (Å²) in [5.41, 5.74) is 3.55. The number of nitrogens with zero attached hydrogens (tertiary/aromatic N) is 6. The Hall–Kier alpha value is -5.10. The highest BCUT2D eigenvalue weighted by Crippen LogP contribution is 2.31. The molecule has 1 N–H and O–H groups in total. The molecular formula is C32H33N7O5. The number of nitrogens with one attached hydrogen (secondary N) is 1. The number of benzene rings is 3. The van der Waals surface area contributed by atoms with Crippen molar-refractivity contribution < 1.29 is 23.9 Å². The van der Waals surface area contributed by atoms with Crippen molar-refractivity contribution in [1.82, 2.24) is 29.9 Å². The van der Waals surface area contributed by atoms with E-state index >= 15 is 0 Å². The van der Waals surface area contributed by atoms with Gasteiger partial charge in [-0.2, -0.15) is 0 Å². The number of aromatic nitrogens is 5. The van der Waals surface area contributed by atoms with Crippen molar-refractivity contribution in [3.63, 3.8) is 0 Å². The van der Waals surface area contributed by atoms with Gasteiger partial charge in [0, 0.05) is 25.9 Å². The van der Waals surface area contributed by atoms with Gasteiger partial charge in [-0.25, -0.2) is 14.5 Å². The minimum Gasteiger partial charge on any atom is -0.462 e. The lowest BCUT2D eigenvalue weighted by Gasteiger charge is -2.31. The average molecular weight is 596 g/mol. The van der Waals surface area contributed by atoms with Gasteiger partial charge in [0.05, 0.1) is 34.8 Å². The van der Waals surface area contributed by atoms with Crippen LogP contribution in [0.3, 0.4) is 0 Å². The fourth-order valence-electron chi connectivity index (χ4n) is 5.52. The van der Waals surface area contributed by atoms with E-state index in [4.69, 9.17) is 14.5 Å². The molecule has 5 aromatic rings. The highest BCUT2D eigenvalue weighted by Gasteiger charge is 2.37. The molecule has 0 spiro atoms. The molecule has 226 valence electrons. The molecule has 0 unspecified atom stereocenters. The molecule has 1 saturated heterocycles. The van der Waals surface area contributed by atoms with Crippen LogP contribution in [0, 0.1) is 0 Å². The Balaban J connectivity index is 1.44. The van der Waals surface area contributed by atoms with Crippen molar-refractivity contribution >= 4 is 45.5 Å². The zero-order valence-corrected chi connectivity index (χ0v) is 24.6. The lowest BCUT2D eigenvalue weighted by atomic mass is 10.1. The summed E-state index contributed by atoms with van der Waals surface area (Å²) in [5.74, 6) is -0.937. The first kappa shape index (κ1) is 29.0. The predicted molar refractivity (Wildman–Crippen MR) is 163 cm³/mol. The third kappa shape index (κ3) is 5.76. The molecule has 44 heavy (non-hydrogen) atoms. The second kappa shape index (κ2) is 12.6. The first-order valence-corrected chi connectivity index (χ1v) is 14.6. The first-order chi connectivity index (χ1) is 21.4. The largest absolute Gasteiger partial charge is 0.462 e. The van der Waals surface area contributed by atoms with Gasteiger partial charge < -0.3 is 19.4 Å². The Kier molecular flexibility index (Phi) is 8.33. The molecule has 1 fully saturated rings. The average Bonchev–Trinajstić information content (AvgIpc) is 3.79. The molecule has 3 heterocycles. The van der Waals surface area contributed by atoms with Crippen LogP contribution in [0.1, 0.15) is 42.0 Å². The summed E-state index contributed by atoms with van der Waals surface area (Å²) in [5, 5.41) is 11.4. The fraction of sp³-hybridized carbons (Fsp3) is 0.312. The van der Waals surface area contributed by atoms with Crippen molar-refractivity contribution in [3.8, 4) is 0 Å². The highest BCUT2D eigenvalue weighted by molar-refractivity contribution is 6.02. The molecule has 12 heteroatoms. The second-order valence-electron chi connectivity index (χ2n) is 10.6. The number of ether oxygens (including phenoxy) is 2. The molecule has 2 amide bonds. The van der Waals surface area contributed by atoms with Crippen LogP contribution in [0.4, 0.5) is 5.69 Å². The van der Waals surface area contributed by atoms with Crippen LogP contribution >= 0.6 is 0 Å². The van der Waals surface area contributed by atoms with Gasteiger partial charge in [-0.1, -0.05) is 29.5 Å². The van der Waals surface area contributed by atoms with Crippen LogP contribution < -0.4 is 10.2 Å². The SMILES string of the molecule is CCOC(=O)c1ccc(N(C(=O)Cn2nnc3ccccc32)[C@@H](C(=O)NC[C@H]2CCCO2)c2nc3ccccc3n2C)cc1. The lowest BCUT2D eigenvalue weighted by Crippen LogP contribution is -2.47. The Morgan fingerprint density at radius 1 is 1.02 bits per heavy atom. The predicted octanol–water partition coefficient (Wildman–Crippen LogP) is 3.56. The number of carbonyl (C=O) groups excluding carboxylic acids is 3. The van der Waals surface area contributed by atoms with E-state index in [1.165, 1.54) is 9.58 Å². The molecule has 0 aliphatic carbocycles. The summed E-state index contributed by atoms with van der Waals surface area (Å²) in [6.45, 7) is 2.72. The maximum Gasteiger partial charge on any atom is 0.338 e. The van der Waals surface area contributed by atoms with E-state index in [9.17, 15) is 14.4 Å². The van der Waals surface area contributed by atoms with Crippen LogP contribution in [0.2, 0.25) is 0 Å². The highest BCUT2D eigenvalue weighted by atomic mass is 16.5. The lowest BCUT2D eigenvalue weighted by molar-refractivity contribution is -0.127. The standard InChI is InChI=1S/C32H33N7O5/c1-3-43-32(42)21-14-16-22(17-15-21)39(28(40)20-38-27-13-7-5-11-25(27)35-36-38)29(31(41)33-19-23-9-8-18-44-23)30-34-24-10-4-6-12-26(24)37(30)2/h4-7,10-17,23,29H,3,8-9,18-20H2,1-2H3,(H,33,41)/t23-,29-/m1/s1. The molecule has 2 aromatic heterocycles. The normalized spacial score (nSPS) is 15.4.